The van der Waals surface area contributed by atoms with Crippen LogP contribution in [0.3, 0.4) is 0 Å². The van der Waals surface area contributed by atoms with Crippen molar-refractivity contribution in [2.75, 3.05) is 5.32 Å². The summed E-state index contributed by atoms with van der Waals surface area (Å²) in [5.41, 5.74) is 1.99. The standard InChI is InChI=1S/C32H43NO2/c1-2-3-4-5-6-7-8-9-10-11-12-13-14-19-27-20-17-23-29(26-27)35-32(34)33-31-25-18-22-28-21-15-16-24-30(28)31/h15-18,20-26H,2-14,19H2,1H3,(H,33,34). The zero-order valence-electron chi connectivity index (χ0n) is 21.6. The molecular formula is C32H43NO2. The summed E-state index contributed by atoms with van der Waals surface area (Å²) in [6.45, 7) is 2.28. The lowest BCUT2D eigenvalue weighted by Crippen LogP contribution is -2.17. The molecule has 0 aromatic heterocycles. The molecule has 0 aliphatic heterocycles. The van der Waals surface area contributed by atoms with Gasteiger partial charge in [0.25, 0.3) is 0 Å². The number of aryl methyl sites for hydroxylation is 1. The minimum absolute atomic E-state index is 0.459. The van der Waals surface area contributed by atoms with Crippen molar-refractivity contribution in [2.24, 2.45) is 0 Å². The third kappa shape index (κ3) is 10.1. The maximum Gasteiger partial charge on any atom is 0.417 e. The molecule has 0 radical (unpaired) electrons. The number of fused-ring (bicyclic) bond motifs is 1. The molecule has 0 aliphatic carbocycles. The van der Waals surface area contributed by atoms with Crippen molar-refractivity contribution >= 4 is 22.6 Å². The third-order valence-electron chi connectivity index (χ3n) is 6.70. The molecule has 0 spiro atoms. The van der Waals surface area contributed by atoms with E-state index in [9.17, 15) is 4.79 Å². The number of carbonyl (C=O) groups excluding carboxylic acids is 1. The highest BCUT2D eigenvalue weighted by Gasteiger charge is 2.08. The van der Waals surface area contributed by atoms with E-state index in [1.54, 1.807) is 0 Å². The predicted octanol–water partition coefficient (Wildman–Crippen LogP) is 10.1. The third-order valence-corrected chi connectivity index (χ3v) is 6.70. The number of amides is 1. The van der Waals surface area contributed by atoms with Gasteiger partial charge in [-0.2, -0.15) is 0 Å². The van der Waals surface area contributed by atoms with E-state index in [1.807, 2.05) is 60.7 Å². The first-order chi connectivity index (χ1) is 17.3. The summed E-state index contributed by atoms with van der Waals surface area (Å²) in [5.74, 6) is 0.593. The lowest BCUT2D eigenvalue weighted by Gasteiger charge is -2.10. The van der Waals surface area contributed by atoms with Crippen LogP contribution in [-0.4, -0.2) is 6.09 Å². The second kappa shape index (κ2) is 16.0. The monoisotopic (exact) mass is 473 g/mol. The highest BCUT2D eigenvalue weighted by Crippen LogP contribution is 2.24. The lowest BCUT2D eigenvalue weighted by atomic mass is 10.0. The Hall–Kier alpha value is -2.81. The fraction of sp³-hybridized carbons (Fsp3) is 0.469. The number of carbonyl (C=O) groups is 1. The summed E-state index contributed by atoms with van der Waals surface area (Å²) in [7, 11) is 0. The Kier molecular flexibility index (Phi) is 12.2. The largest absolute Gasteiger partial charge is 0.417 e. The lowest BCUT2D eigenvalue weighted by molar-refractivity contribution is 0.215. The fourth-order valence-electron chi connectivity index (χ4n) is 4.69. The Morgan fingerprint density at radius 3 is 2.00 bits per heavy atom. The molecule has 0 saturated carbocycles. The summed E-state index contributed by atoms with van der Waals surface area (Å²) in [4.78, 5) is 12.5. The molecule has 3 rings (SSSR count). The summed E-state index contributed by atoms with van der Waals surface area (Å²) < 4.78 is 5.58. The van der Waals surface area contributed by atoms with Crippen LogP contribution in [0, 0.1) is 0 Å². The van der Waals surface area contributed by atoms with Gasteiger partial charge in [-0.1, -0.05) is 133 Å². The van der Waals surface area contributed by atoms with Crippen molar-refractivity contribution in [1.29, 1.82) is 0 Å². The number of hydrogen-bond donors (Lipinski definition) is 1. The minimum atomic E-state index is -0.459. The second-order valence-electron chi connectivity index (χ2n) is 9.68. The van der Waals surface area contributed by atoms with Crippen LogP contribution in [0.2, 0.25) is 0 Å². The zero-order chi connectivity index (χ0) is 24.6. The highest BCUT2D eigenvalue weighted by atomic mass is 16.6. The van der Waals surface area contributed by atoms with Gasteiger partial charge in [-0.3, -0.25) is 5.32 Å². The molecule has 0 fully saturated rings. The number of anilines is 1. The van der Waals surface area contributed by atoms with Crippen molar-refractivity contribution in [2.45, 2.75) is 96.8 Å². The quantitative estimate of drug-likeness (QED) is 0.210. The number of rotatable bonds is 16. The van der Waals surface area contributed by atoms with Gasteiger partial charge < -0.3 is 4.74 Å². The zero-order valence-corrected chi connectivity index (χ0v) is 21.6. The molecular weight excluding hydrogens is 430 g/mol. The minimum Gasteiger partial charge on any atom is -0.410 e. The first-order valence-corrected chi connectivity index (χ1v) is 13.8. The average molecular weight is 474 g/mol. The smallest absolute Gasteiger partial charge is 0.410 e. The summed E-state index contributed by atoms with van der Waals surface area (Å²) in [6.07, 6.45) is 18.3. The topological polar surface area (TPSA) is 38.3 Å². The van der Waals surface area contributed by atoms with E-state index in [1.165, 1.54) is 89.0 Å². The van der Waals surface area contributed by atoms with E-state index in [0.717, 1.165) is 22.9 Å². The van der Waals surface area contributed by atoms with Crippen LogP contribution in [0.15, 0.2) is 66.7 Å². The van der Waals surface area contributed by atoms with Crippen LogP contribution in [0.5, 0.6) is 5.75 Å². The molecule has 0 saturated heterocycles. The van der Waals surface area contributed by atoms with E-state index in [-0.39, 0.29) is 0 Å². The molecule has 0 unspecified atom stereocenters. The fourth-order valence-corrected chi connectivity index (χ4v) is 4.69. The van der Waals surface area contributed by atoms with Gasteiger partial charge in [-0.05, 0) is 42.0 Å². The maximum absolute atomic E-state index is 12.5. The van der Waals surface area contributed by atoms with Crippen LogP contribution in [0.25, 0.3) is 10.8 Å². The van der Waals surface area contributed by atoms with Gasteiger partial charge in [-0.25, -0.2) is 4.79 Å². The Bertz CT molecular complexity index is 1010. The Balaban J connectivity index is 1.29. The second-order valence-corrected chi connectivity index (χ2v) is 9.68. The Labute approximate surface area is 212 Å². The van der Waals surface area contributed by atoms with E-state index >= 15 is 0 Å². The van der Waals surface area contributed by atoms with Gasteiger partial charge in [0.15, 0.2) is 0 Å². The molecule has 35 heavy (non-hydrogen) atoms. The van der Waals surface area contributed by atoms with Crippen LogP contribution >= 0.6 is 0 Å². The van der Waals surface area contributed by atoms with Crippen LogP contribution in [0.1, 0.15) is 96.0 Å². The van der Waals surface area contributed by atoms with Gasteiger partial charge >= 0.3 is 6.09 Å². The Morgan fingerprint density at radius 2 is 1.29 bits per heavy atom. The number of ether oxygens (including phenoxy) is 1. The van der Waals surface area contributed by atoms with Gasteiger partial charge in [0, 0.05) is 5.39 Å². The van der Waals surface area contributed by atoms with Gasteiger partial charge in [-0.15, -0.1) is 0 Å². The van der Waals surface area contributed by atoms with E-state index in [4.69, 9.17) is 4.74 Å². The highest BCUT2D eigenvalue weighted by molar-refractivity contribution is 6.00. The van der Waals surface area contributed by atoms with Crippen LogP contribution in [-0.2, 0) is 6.42 Å². The first kappa shape index (κ1) is 26.8. The molecule has 0 aliphatic rings. The van der Waals surface area contributed by atoms with Crippen LogP contribution in [0.4, 0.5) is 10.5 Å². The predicted molar refractivity (Wildman–Crippen MR) is 149 cm³/mol. The molecule has 3 aromatic carbocycles. The number of benzene rings is 3. The van der Waals surface area contributed by atoms with Crippen molar-refractivity contribution in [3.05, 3.63) is 72.3 Å². The summed E-state index contributed by atoms with van der Waals surface area (Å²) in [5, 5.41) is 4.98. The van der Waals surface area contributed by atoms with E-state index in [2.05, 4.69) is 18.3 Å². The van der Waals surface area contributed by atoms with Crippen molar-refractivity contribution in [3.8, 4) is 5.75 Å². The molecule has 3 nitrogen and oxygen atoms in total. The first-order valence-electron chi connectivity index (χ1n) is 13.8. The van der Waals surface area contributed by atoms with Crippen molar-refractivity contribution in [1.82, 2.24) is 0 Å². The normalized spacial score (nSPS) is 11.0. The van der Waals surface area contributed by atoms with Gasteiger partial charge in [0.1, 0.15) is 5.75 Å². The molecule has 1 N–H and O–H groups in total. The van der Waals surface area contributed by atoms with Gasteiger partial charge in [0.2, 0.25) is 0 Å². The summed E-state index contributed by atoms with van der Waals surface area (Å²) >= 11 is 0. The molecule has 3 heteroatoms. The van der Waals surface area contributed by atoms with E-state index in [0.29, 0.717) is 5.75 Å². The molecule has 0 bridgehead atoms. The Morgan fingerprint density at radius 1 is 0.686 bits per heavy atom. The summed E-state index contributed by atoms with van der Waals surface area (Å²) in [6, 6.07) is 21.8. The molecule has 0 atom stereocenters. The maximum atomic E-state index is 12.5. The molecule has 3 aromatic rings. The molecule has 188 valence electrons. The number of unbranched alkanes of at least 4 members (excludes halogenated alkanes) is 12. The van der Waals surface area contributed by atoms with Gasteiger partial charge in [0.05, 0.1) is 5.69 Å². The van der Waals surface area contributed by atoms with Crippen molar-refractivity contribution in [3.63, 3.8) is 0 Å². The number of hydrogen-bond acceptors (Lipinski definition) is 2. The SMILES string of the molecule is CCCCCCCCCCCCCCCc1cccc(OC(=O)Nc2cccc3ccccc23)c1. The molecule has 0 heterocycles. The molecule has 1 amide bonds. The van der Waals surface area contributed by atoms with Crippen molar-refractivity contribution < 1.29 is 9.53 Å². The van der Waals surface area contributed by atoms with E-state index < -0.39 is 6.09 Å². The average Bonchev–Trinajstić information content (AvgIpc) is 2.87. The number of nitrogens with one attached hydrogen (secondary N) is 1. The van der Waals surface area contributed by atoms with Crippen LogP contribution < -0.4 is 10.1 Å².